The van der Waals surface area contributed by atoms with Crippen LogP contribution < -0.4 is 5.32 Å². The summed E-state index contributed by atoms with van der Waals surface area (Å²) in [7, 11) is 0. The quantitative estimate of drug-likeness (QED) is 0.828. The molecule has 20 heavy (non-hydrogen) atoms. The van der Waals surface area contributed by atoms with Crippen molar-refractivity contribution in [2.45, 2.75) is 52.6 Å². The van der Waals surface area contributed by atoms with Gasteiger partial charge in [-0.1, -0.05) is 31.9 Å². The van der Waals surface area contributed by atoms with E-state index in [1.807, 2.05) is 4.68 Å². The Morgan fingerprint density at radius 1 is 1.15 bits per heavy atom. The van der Waals surface area contributed by atoms with Gasteiger partial charge in [-0.05, 0) is 38.4 Å². The van der Waals surface area contributed by atoms with Gasteiger partial charge in [0.15, 0.2) is 0 Å². The van der Waals surface area contributed by atoms with E-state index in [-0.39, 0.29) is 0 Å². The predicted octanol–water partition coefficient (Wildman–Crippen LogP) is 1.90. The van der Waals surface area contributed by atoms with E-state index in [4.69, 9.17) is 0 Å². The minimum absolute atomic E-state index is 0.674. The number of rotatable bonds is 7. The average Bonchev–Trinajstić information content (AvgIpc) is 2.71. The third-order valence-corrected chi connectivity index (χ3v) is 3.79. The molecule has 114 valence electrons. The van der Waals surface area contributed by atoms with Gasteiger partial charge >= 0.3 is 0 Å². The summed E-state index contributed by atoms with van der Waals surface area (Å²) in [5.41, 5.74) is 1.04. The van der Waals surface area contributed by atoms with Crippen LogP contribution in [0.1, 0.15) is 45.2 Å². The van der Waals surface area contributed by atoms with Crippen molar-refractivity contribution in [3.63, 3.8) is 0 Å². The van der Waals surface area contributed by atoms with Crippen LogP contribution in [0.4, 0.5) is 0 Å². The maximum Gasteiger partial charge on any atom is 0.0964 e. The van der Waals surface area contributed by atoms with E-state index in [9.17, 15) is 0 Å². The van der Waals surface area contributed by atoms with Crippen LogP contribution in [0.3, 0.4) is 0 Å². The van der Waals surface area contributed by atoms with Crippen LogP contribution in [0.5, 0.6) is 0 Å². The van der Waals surface area contributed by atoms with E-state index < -0.39 is 0 Å². The summed E-state index contributed by atoms with van der Waals surface area (Å²) >= 11 is 0. The predicted molar refractivity (Wildman–Crippen MR) is 81.5 cm³/mol. The van der Waals surface area contributed by atoms with Crippen LogP contribution in [0.25, 0.3) is 0 Å². The molecule has 0 saturated carbocycles. The molecule has 2 heterocycles. The molecule has 0 aliphatic carbocycles. The van der Waals surface area contributed by atoms with E-state index in [1.54, 1.807) is 0 Å². The van der Waals surface area contributed by atoms with Crippen molar-refractivity contribution in [1.82, 2.24) is 25.2 Å². The Morgan fingerprint density at radius 2 is 1.90 bits per heavy atom. The van der Waals surface area contributed by atoms with Crippen molar-refractivity contribution >= 4 is 0 Å². The SMILES string of the molecule is CC(C)CNCc1cn(CCN2CCCCCC2)nn1. The fourth-order valence-corrected chi connectivity index (χ4v) is 2.62. The van der Waals surface area contributed by atoms with E-state index in [1.165, 1.54) is 38.8 Å². The second kappa shape index (κ2) is 8.37. The molecule has 1 aliphatic rings. The lowest BCUT2D eigenvalue weighted by Crippen LogP contribution is -2.28. The largest absolute Gasteiger partial charge is 0.311 e. The van der Waals surface area contributed by atoms with E-state index >= 15 is 0 Å². The van der Waals surface area contributed by atoms with Gasteiger partial charge in [0.1, 0.15) is 0 Å². The molecule has 1 aromatic rings. The molecule has 2 rings (SSSR count). The molecule has 1 fully saturated rings. The standard InChI is InChI=1S/C15H29N5/c1-14(2)11-16-12-15-13-20(18-17-15)10-9-19-7-5-3-4-6-8-19/h13-14,16H,3-12H2,1-2H3. The van der Waals surface area contributed by atoms with Gasteiger partial charge in [0.2, 0.25) is 0 Å². The molecular weight excluding hydrogens is 250 g/mol. The van der Waals surface area contributed by atoms with Gasteiger partial charge in [0, 0.05) is 19.3 Å². The van der Waals surface area contributed by atoms with Crippen LogP contribution in [0, 0.1) is 5.92 Å². The molecule has 0 unspecified atom stereocenters. The smallest absolute Gasteiger partial charge is 0.0964 e. The number of nitrogens with zero attached hydrogens (tertiary/aromatic N) is 4. The zero-order chi connectivity index (χ0) is 14.2. The van der Waals surface area contributed by atoms with Crippen molar-refractivity contribution in [2.75, 3.05) is 26.2 Å². The Hall–Kier alpha value is -0.940. The fourth-order valence-electron chi connectivity index (χ4n) is 2.62. The first-order chi connectivity index (χ1) is 9.74. The number of hydrogen-bond acceptors (Lipinski definition) is 4. The molecule has 0 radical (unpaired) electrons. The van der Waals surface area contributed by atoms with Gasteiger partial charge in [0.25, 0.3) is 0 Å². The first kappa shape index (κ1) is 15.4. The molecule has 1 aliphatic heterocycles. The van der Waals surface area contributed by atoms with Gasteiger partial charge in [0.05, 0.1) is 12.2 Å². The van der Waals surface area contributed by atoms with Crippen LogP contribution in [0.2, 0.25) is 0 Å². The molecule has 1 aromatic heterocycles. The van der Waals surface area contributed by atoms with Crippen molar-refractivity contribution in [1.29, 1.82) is 0 Å². The molecule has 0 atom stereocenters. The van der Waals surface area contributed by atoms with Gasteiger partial charge in [-0.3, -0.25) is 4.68 Å². The van der Waals surface area contributed by atoms with Crippen LogP contribution in [-0.4, -0.2) is 46.1 Å². The van der Waals surface area contributed by atoms with Crippen LogP contribution >= 0.6 is 0 Å². The molecule has 5 heteroatoms. The topological polar surface area (TPSA) is 46.0 Å². The number of nitrogens with one attached hydrogen (secondary N) is 1. The molecular formula is C15H29N5. The first-order valence-electron chi connectivity index (χ1n) is 8.06. The maximum atomic E-state index is 4.23. The summed E-state index contributed by atoms with van der Waals surface area (Å²) in [6, 6.07) is 0. The Labute approximate surface area is 122 Å². The van der Waals surface area contributed by atoms with Crippen molar-refractivity contribution < 1.29 is 0 Å². The highest BCUT2D eigenvalue weighted by atomic mass is 15.4. The van der Waals surface area contributed by atoms with Crippen molar-refractivity contribution in [2.24, 2.45) is 5.92 Å². The van der Waals surface area contributed by atoms with Crippen molar-refractivity contribution in [3.05, 3.63) is 11.9 Å². The normalized spacial score (nSPS) is 17.6. The number of aromatic nitrogens is 3. The third-order valence-electron chi connectivity index (χ3n) is 3.79. The molecule has 0 spiro atoms. The Bertz CT molecular complexity index is 366. The van der Waals surface area contributed by atoms with E-state index in [2.05, 4.69) is 40.6 Å². The van der Waals surface area contributed by atoms with Gasteiger partial charge in [-0.2, -0.15) is 0 Å². The zero-order valence-electron chi connectivity index (χ0n) is 13.0. The van der Waals surface area contributed by atoms with Crippen LogP contribution in [0.15, 0.2) is 6.20 Å². The number of hydrogen-bond donors (Lipinski definition) is 1. The van der Waals surface area contributed by atoms with Gasteiger partial charge in [-0.15, -0.1) is 5.10 Å². The third kappa shape index (κ3) is 5.59. The summed E-state index contributed by atoms with van der Waals surface area (Å²) in [4.78, 5) is 2.56. The molecule has 5 nitrogen and oxygen atoms in total. The van der Waals surface area contributed by atoms with Crippen LogP contribution in [-0.2, 0) is 13.1 Å². The average molecular weight is 279 g/mol. The lowest BCUT2D eigenvalue weighted by molar-refractivity contribution is 0.267. The number of likely N-dealkylation sites (tertiary alicyclic amines) is 1. The second-order valence-corrected chi connectivity index (χ2v) is 6.25. The summed E-state index contributed by atoms with van der Waals surface area (Å²) < 4.78 is 1.98. The molecule has 0 aromatic carbocycles. The highest BCUT2D eigenvalue weighted by Gasteiger charge is 2.09. The summed E-state index contributed by atoms with van der Waals surface area (Å²) in [5, 5.41) is 11.9. The summed E-state index contributed by atoms with van der Waals surface area (Å²) in [6.45, 7) is 10.8. The Morgan fingerprint density at radius 3 is 2.60 bits per heavy atom. The van der Waals surface area contributed by atoms with Gasteiger partial charge < -0.3 is 10.2 Å². The molecule has 1 saturated heterocycles. The minimum atomic E-state index is 0.674. The molecule has 0 amide bonds. The minimum Gasteiger partial charge on any atom is -0.311 e. The lowest BCUT2D eigenvalue weighted by atomic mass is 10.2. The maximum absolute atomic E-state index is 4.23. The summed E-state index contributed by atoms with van der Waals surface area (Å²) in [6.07, 6.45) is 7.56. The highest BCUT2D eigenvalue weighted by Crippen LogP contribution is 2.09. The fraction of sp³-hybridized carbons (Fsp3) is 0.867. The molecule has 1 N–H and O–H groups in total. The Balaban J connectivity index is 1.69. The van der Waals surface area contributed by atoms with E-state index in [0.717, 1.165) is 31.9 Å². The zero-order valence-corrected chi connectivity index (χ0v) is 13.0. The first-order valence-corrected chi connectivity index (χ1v) is 8.06. The highest BCUT2D eigenvalue weighted by molar-refractivity contribution is 4.91. The Kier molecular flexibility index (Phi) is 6.47. The lowest BCUT2D eigenvalue weighted by Gasteiger charge is -2.19. The molecule has 0 bridgehead atoms. The van der Waals surface area contributed by atoms with E-state index in [0.29, 0.717) is 5.92 Å². The second-order valence-electron chi connectivity index (χ2n) is 6.25. The van der Waals surface area contributed by atoms with Crippen molar-refractivity contribution in [3.8, 4) is 0 Å². The monoisotopic (exact) mass is 279 g/mol. The van der Waals surface area contributed by atoms with Gasteiger partial charge in [-0.25, -0.2) is 0 Å². The summed E-state index contributed by atoms with van der Waals surface area (Å²) in [5.74, 6) is 0.674.